The van der Waals surface area contributed by atoms with Crippen molar-refractivity contribution in [2.45, 2.75) is 6.54 Å². The van der Waals surface area contributed by atoms with E-state index in [-0.39, 0.29) is 12.5 Å². The minimum atomic E-state index is -0.258. The second-order valence-corrected chi connectivity index (χ2v) is 5.55. The molecule has 0 aliphatic rings. The Morgan fingerprint density at radius 3 is 2.61 bits per heavy atom. The van der Waals surface area contributed by atoms with E-state index in [1.165, 1.54) is 13.2 Å². The van der Waals surface area contributed by atoms with Gasteiger partial charge in [0.2, 0.25) is 0 Å². The number of methoxy groups -OCH3 is 1. The van der Waals surface area contributed by atoms with Crippen LogP contribution in [0.1, 0.15) is 15.9 Å². The summed E-state index contributed by atoms with van der Waals surface area (Å²) < 4.78 is 11.2. The quantitative estimate of drug-likeness (QED) is 0.753. The zero-order chi connectivity index (χ0) is 16.7. The predicted molar refractivity (Wildman–Crippen MR) is 89.9 cm³/mol. The fourth-order valence-corrected chi connectivity index (χ4v) is 2.32. The number of ether oxygens (including phenoxy) is 2. The molecular weight excluding hydrogens is 362 g/mol. The third kappa shape index (κ3) is 4.82. The number of amides is 1. The van der Waals surface area contributed by atoms with Gasteiger partial charge in [-0.1, -0.05) is 30.3 Å². The first-order valence-electron chi connectivity index (χ1n) is 6.90. The van der Waals surface area contributed by atoms with Crippen LogP contribution in [0.25, 0.3) is 0 Å². The molecule has 120 valence electrons. The molecule has 2 aromatic rings. The number of hydrogen-bond acceptors (Lipinski definition) is 4. The van der Waals surface area contributed by atoms with Gasteiger partial charge in [-0.2, -0.15) is 0 Å². The Balaban J connectivity index is 1.94. The molecule has 0 spiro atoms. The summed E-state index contributed by atoms with van der Waals surface area (Å²) >= 11 is 3.27. The topological polar surface area (TPSA) is 64.6 Å². The van der Waals surface area contributed by atoms with Gasteiger partial charge in [-0.3, -0.25) is 9.59 Å². The van der Waals surface area contributed by atoms with Crippen molar-refractivity contribution < 1.29 is 19.1 Å². The Bertz CT molecular complexity index is 688. The van der Waals surface area contributed by atoms with E-state index < -0.39 is 0 Å². The third-order valence-corrected chi connectivity index (χ3v) is 3.79. The number of carbonyl (C=O) groups excluding carboxylic acids is 2. The average Bonchev–Trinajstić information content (AvgIpc) is 2.59. The molecule has 0 radical (unpaired) electrons. The molecule has 0 aliphatic heterocycles. The van der Waals surface area contributed by atoms with E-state index in [1.54, 1.807) is 6.07 Å². The summed E-state index contributed by atoms with van der Waals surface area (Å²) in [6, 6.07) is 12.7. The van der Waals surface area contributed by atoms with Crippen LogP contribution in [0.2, 0.25) is 0 Å². The molecule has 0 unspecified atom stereocenters. The second kappa shape index (κ2) is 8.33. The molecule has 0 fully saturated rings. The van der Waals surface area contributed by atoms with Crippen LogP contribution >= 0.6 is 15.9 Å². The molecule has 0 saturated carbocycles. The number of rotatable bonds is 7. The molecule has 5 nitrogen and oxygen atoms in total. The van der Waals surface area contributed by atoms with E-state index in [9.17, 15) is 9.59 Å². The summed E-state index contributed by atoms with van der Waals surface area (Å²) in [5.74, 6) is 0.525. The van der Waals surface area contributed by atoms with Gasteiger partial charge < -0.3 is 14.8 Å². The Kier molecular flexibility index (Phi) is 6.17. The molecule has 2 rings (SSSR count). The van der Waals surface area contributed by atoms with Gasteiger partial charge in [-0.25, -0.2) is 0 Å². The van der Waals surface area contributed by atoms with Crippen molar-refractivity contribution in [2.24, 2.45) is 0 Å². The Labute approximate surface area is 142 Å². The zero-order valence-electron chi connectivity index (χ0n) is 12.5. The van der Waals surface area contributed by atoms with Gasteiger partial charge in [0.1, 0.15) is 0 Å². The van der Waals surface area contributed by atoms with Gasteiger partial charge in [0, 0.05) is 16.6 Å². The van der Waals surface area contributed by atoms with Gasteiger partial charge in [0.25, 0.3) is 5.91 Å². The number of aldehydes is 1. The van der Waals surface area contributed by atoms with E-state index in [0.717, 1.165) is 5.56 Å². The van der Waals surface area contributed by atoms with Crippen LogP contribution in [0, 0.1) is 0 Å². The SMILES string of the molecule is COc1cc(Br)c(C=O)cc1OCC(=O)NCc1ccccc1. The minimum absolute atomic E-state index is 0.164. The minimum Gasteiger partial charge on any atom is -0.493 e. The smallest absolute Gasteiger partial charge is 0.258 e. The highest BCUT2D eigenvalue weighted by molar-refractivity contribution is 9.10. The lowest BCUT2D eigenvalue weighted by Gasteiger charge is -2.12. The number of benzene rings is 2. The standard InChI is InChI=1S/C17H16BrNO4/c1-22-15-8-14(18)13(10-20)7-16(15)23-11-17(21)19-9-12-5-3-2-4-6-12/h2-8,10H,9,11H2,1H3,(H,19,21). The van der Waals surface area contributed by atoms with Crippen LogP contribution in [0.5, 0.6) is 11.5 Å². The highest BCUT2D eigenvalue weighted by atomic mass is 79.9. The Morgan fingerprint density at radius 2 is 1.96 bits per heavy atom. The molecule has 0 atom stereocenters. The largest absolute Gasteiger partial charge is 0.493 e. The van der Waals surface area contributed by atoms with Crippen LogP contribution in [0.3, 0.4) is 0 Å². The van der Waals surface area contributed by atoms with Crippen molar-refractivity contribution in [3.05, 3.63) is 58.1 Å². The zero-order valence-corrected chi connectivity index (χ0v) is 14.1. The van der Waals surface area contributed by atoms with Gasteiger partial charge in [0.15, 0.2) is 24.4 Å². The highest BCUT2D eigenvalue weighted by Crippen LogP contribution is 2.32. The van der Waals surface area contributed by atoms with E-state index in [2.05, 4.69) is 21.2 Å². The maximum atomic E-state index is 11.9. The summed E-state index contributed by atoms with van der Waals surface area (Å²) in [6.07, 6.45) is 0.700. The van der Waals surface area contributed by atoms with Crippen molar-refractivity contribution in [3.8, 4) is 11.5 Å². The van der Waals surface area contributed by atoms with Gasteiger partial charge in [0.05, 0.1) is 7.11 Å². The monoisotopic (exact) mass is 377 g/mol. The van der Waals surface area contributed by atoms with Crippen LogP contribution in [-0.2, 0) is 11.3 Å². The van der Waals surface area contributed by atoms with Gasteiger partial charge in [-0.05, 0) is 33.6 Å². The van der Waals surface area contributed by atoms with Crippen molar-refractivity contribution >= 4 is 28.1 Å². The first-order valence-corrected chi connectivity index (χ1v) is 7.69. The highest BCUT2D eigenvalue weighted by Gasteiger charge is 2.11. The second-order valence-electron chi connectivity index (χ2n) is 4.69. The fraction of sp³-hybridized carbons (Fsp3) is 0.176. The molecule has 1 amide bonds. The molecule has 0 aromatic heterocycles. The number of nitrogens with one attached hydrogen (secondary N) is 1. The summed E-state index contributed by atoms with van der Waals surface area (Å²) in [4.78, 5) is 22.8. The van der Waals surface area contributed by atoms with Gasteiger partial charge >= 0.3 is 0 Å². The third-order valence-electron chi connectivity index (χ3n) is 3.10. The van der Waals surface area contributed by atoms with E-state index >= 15 is 0 Å². The molecule has 0 saturated heterocycles. The normalized spacial score (nSPS) is 10.0. The lowest BCUT2D eigenvalue weighted by Crippen LogP contribution is -2.28. The number of halogens is 1. The summed E-state index contributed by atoms with van der Waals surface area (Å²) in [7, 11) is 1.49. The van der Waals surface area contributed by atoms with Crippen LogP contribution < -0.4 is 14.8 Å². The van der Waals surface area contributed by atoms with Crippen molar-refractivity contribution in [1.82, 2.24) is 5.32 Å². The number of hydrogen-bond donors (Lipinski definition) is 1. The maximum absolute atomic E-state index is 11.9. The molecule has 1 N–H and O–H groups in total. The Morgan fingerprint density at radius 1 is 1.22 bits per heavy atom. The van der Waals surface area contributed by atoms with Crippen LogP contribution in [-0.4, -0.2) is 25.9 Å². The molecule has 6 heteroatoms. The molecule has 2 aromatic carbocycles. The lowest BCUT2D eigenvalue weighted by molar-refractivity contribution is -0.123. The molecular formula is C17H16BrNO4. The Hall–Kier alpha value is -2.34. The first-order chi connectivity index (χ1) is 11.1. The molecule has 0 aliphatic carbocycles. The first kappa shape index (κ1) is 17.0. The van der Waals surface area contributed by atoms with Gasteiger partial charge in [-0.15, -0.1) is 0 Å². The molecule has 0 heterocycles. The summed E-state index contributed by atoms with van der Waals surface area (Å²) in [5, 5.41) is 2.76. The molecule has 23 heavy (non-hydrogen) atoms. The van der Waals surface area contributed by atoms with Crippen LogP contribution in [0.4, 0.5) is 0 Å². The van der Waals surface area contributed by atoms with E-state index in [1.807, 2.05) is 30.3 Å². The fourth-order valence-electron chi connectivity index (χ4n) is 1.90. The van der Waals surface area contributed by atoms with Crippen molar-refractivity contribution in [1.29, 1.82) is 0 Å². The average molecular weight is 378 g/mol. The maximum Gasteiger partial charge on any atom is 0.258 e. The van der Waals surface area contributed by atoms with E-state index in [0.29, 0.717) is 34.4 Å². The summed E-state index contributed by atoms with van der Waals surface area (Å²) in [5.41, 5.74) is 1.43. The number of carbonyl (C=O) groups is 2. The van der Waals surface area contributed by atoms with Crippen LogP contribution in [0.15, 0.2) is 46.9 Å². The van der Waals surface area contributed by atoms with Crippen molar-refractivity contribution in [3.63, 3.8) is 0 Å². The van der Waals surface area contributed by atoms with Crippen molar-refractivity contribution in [2.75, 3.05) is 13.7 Å². The predicted octanol–water partition coefficient (Wildman–Crippen LogP) is 2.97. The lowest BCUT2D eigenvalue weighted by atomic mass is 10.2. The summed E-state index contributed by atoms with van der Waals surface area (Å²) in [6.45, 7) is 0.267. The van der Waals surface area contributed by atoms with E-state index in [4.69, 9.17) is 9.47 Å². The molecule has 0 bridgehead atoms.